The smallest absolute Gasteiger partial charge is 0.123 e. The Bertz CT molecular complexity index is 531. The molecule has 0 fully saturated rings. The van der Waals surface area contributed by atoms with Gasteiger partial charge in [0, 0.05) is 29.3 Å². The lowest BCUT2D eigenvalue weighted by molar-refractivity contribution is 0.313. The number of hydrogen-bond acceptors (Lipinski definition) is 3. The second kappa shape index (κ2) is 8.02. The molecular formula is C16H19BrN2O. The largest absolute Gasteiger partial charge is 0.493 e. The minimum atomic E-state index is 0.745. The molecule has 0 aliphatic rings. The first-order valence-electron chi connectivity index (χ1n) is 6.81. The van der Waals surface area contributed by atoms with Gasteiger partial charge in [0.05, 0.1) is 12.3 Å². The van der Waals surface area contributed by atoms with Gasteiger partial charge in [-0.15, -0.1) is 0 Å². The molecule has 1 aromatic carbocycles. The highest BCUT2D eigenvalue weighted by molar-refractivity contribution is 9.10. The third-order valence-corrected chi connectivity index (χ3v) is 3.33. The summed E-state index contributed by atoms with van der Waals surface area (Å²) in [5, 5.41) is 3.40. The first-order chi connectivity index (χ1) is 9.79. The number of ether oxygens (including phenoxy) is 1. The van der Waals surface area contributed by atoms with Crippen molar-refractivity contribution in [1.82, 2.24) is 10.3 Å². The zero-order valence-corrected chi connectivity index (χ0v) is 13.2. The molecule has 0 amide bonds. The van der Waals surface area contributed by atoms with Crippen LogP contribution >= 0.6 is 15.9 Å². The summed E-state index contributed by atoms with van der Waals surface area (Å²) in [6.45, 7) is 4.36. The maximum Gasteiger partial charge on any atom is 0.123 e. The molecule has 0 radical (unpaired) electrons. The van der Waals surface area contributed by atoms with Crippen LogP contribution in [0.1, 0.15) is 24.6 Å². The molecule has 106 valence electrons. The van der Waals surface area contributed by atoms with E-state index in [1.165, 1.54) is 0 Å². The van der Waals surface area contributed by atoms with Crippen molar-refractivity contribution in [2.45, 2.75) is 26.4 Å². The van der Waals surface area contributed by atoms with Crippen LogP contribution in [0.3, 0.4) is 0 Å². The Morgan fingerprint density at radius 2 is 2.10 bits per heavy atom. The van der Waals surface area contributed by atoms with Gasteiger partial charge in [0.25, 0.3) is 0 Å². The number of nitrogens with zero attached hydrogens (tertiary/aromatic N) is 1. The maximum absolute atomic E-state index is 5.77. The monoisotopic (exact) mass is 334 g/mol. The Morgan fingerprint density at radius 1 is 1.20 bits per heavy atom. The predicted octanol–water partition coefficient (Wildman–Crippen LogP) is 3.92. The first kappa shape index (κ1) is 15.0. The Labute approximate surface area is 128 Å². The first-order valence-corrected chi connectivity index (χ1v) is 7.60. The van der Waals surface area contributed by atoms with Crippen molar-refractivity contribution < 1.29 is 4.74 Å². The summed E-state index contributed by atoms with van der Waals surface area (Å²) < 4.78 is 6.83. The van der Waals surface area contributed by atoms with E-state index in [0.29, 0.717) is 0 Å². The fraction of sp³-hybridized carbons (Fsp3) is 0.312. The van der Waals surface area contributed by atoms with Gasteiger partial charge in [-0.3, -0.25) is 4.98 Å². The van der Waals surface area contributed by atoms with E-state index in [1.54, 1.807) is 0 Å². The number of aromatic nitrogens is 1. The van der Waals surface area contributed by atoms with Crippen molar-refractivity contribution in [2.75, 3.05) is 6.61 Å². The van der Waals surface area contributed by atoms with Crippen LogP contribution in [-0.2, 0) is 13.1 Å². The normalized spacial score (nSPS) is 10.5. The van der Waals surface area contributed by atoms with Crippen LogP contribution in [0.15, 0.2) is 47.1 Å². The third-order valence-electron chi connectivity index (χ3n) is 2.83. The lowest BCUT2D eigenvalue weighted by Gasteiger charge is -2.12. The van der Waals surface area contributed by atoms with Crippen LogP contribution in [0.4, 0.5) is 0 Å². The molecule has 0 saturated heterocycles. The van der Waals surface area contributed by atoms with Crippen molar-refractivity contribution >= 4 is 15.9 Å². The number of hydrogen-bond donors (Lipinski definition) is 1. The highest BCUT2D eigenvalue weighted by Gasteiger charge is 2.04. The Hall–Kier alpha value is -1.39. The second-order valence-electron chi connectivity index (χ2n) is 4.53. The van der Waals surface area contributed by atoms with E-state index >= 15 is 0 Å². The fourth-order valence-corrected chi connectivity index (χ4v) is 2.28. The summed E-state index contributed by atoms with van der Waals surface area (Å²) in [5.41, 5.74) is 2.20. The lowest BCUT2D eigenvalue weighted by Crippen LogP contribution is -2.14. The van der Waals surface area contributed by atoms with Gasteiger partial charge in [0.15, 0.2) is 0 Å². The zero-order valence-electron chi connectivity index (χ0n) is 11.6. The molecule has 3 nitrogen and oxygen atoms in total. The van der Waals surface area contributed by atoms with E-state index < -0.39 is 0 Å². The molecule has 0 bridgehead atoms. The SMILES string of the molecule is CCCOc1ccc(Br)cc1CNCc1ccccn1. The van der Waals surface area contributed by atoms with Crippen molar-refractivity contribution in [3.05, 3.63) is 58.3 Å². The summed E-state index contributed by atoms with van der Waals surface area (Å²) in [4.78, 5) is 4.30. The molecule has 2 aromatic rings. The molecule has 20 heavy (non-hydrogen) atoms. The quantitative estimate of drug-likeness (QED) is 0.833. The Morgan fingerprint density at radius 3 is 2.85 bits per heavy atom. The molecule has 2 rings (SSSR count). The van der Waals surface area contributed by atoms with Gasteiger partial charge < -0.3 is 10.1 Å². The van der Waals surface area contributed by atoms with Gasteiger partial charge in [-0.05, 0) is 36.8 Å². The predicted molar refractivity (Wildman–Crippen MR) is 84.7 cm³/mol. The van der Waals surface area contributed by atoms with Crippen LogP contribution in [0, 0.1) is 0 Å². The minimum Gasteiger partial charge on any atom is -0.493 e. The Kier molecular flexibility index (Phi) is 6.02. The van der Waals surface area contributed by atoms with Gasteiger partial charge in [-0.2, -0.15) is 0 Å². The van der Waals surface area contributed by atoms with E-state index in [2.05, 4.69) is 39.2 Å². The van der Waals surface area contributed by atoms with Crippen LogP contribution in [-0.4, -0.2) is 11.6 Å². The molecule has 1 N–H and O–H groups in total. The van der Waals surface area contributed by atoms with Gasteiger partial charge >= 0.3 is 0 Å². The summed E-state index contributed by atoms with van der Waals surface area (Å²) in [7, 11) is 0. The van der Waals surface area contributed by atoms with E-state index in [9.17, 15) is 0 Å². The average molecular weight is 335 g/mol. The summed E-state index contributed by atoms with van der Waals surface area (Å²) in [5.74, 6) is 0.948. The van der Waals surface area contributed by atoms with E-state index in [4.69, 9.17) is 4.74 Å². The summed E-state index contributed by atoms with van der Waals surface area (Å²) >= 11 is 3.51. The van der Waals surface area contributed by atoms with Gasteiger partial charge in [-0.1, -0.05) is 28.9 Å². The minimum absolute atomic E-state index is 0.745. The standard InChI is InChI=1S/C16H19BrN2O/c1-2-9-20-16-7-6-14(17)10-13(16)11-18-12-15-5-3-4-8-19-15/h3-8,10,18H,2,9,11-12H2,1H3. The van der Waals surface area contributed by atoms with E-state index in [1.807, 2.05) is 36.5 Å². The number of benzene rings is 1. The number of nitrogens with one attached hydrogen (secondary N) is 1. The molecule has 0 saturated carbocycles. The maximum atomic E-state index is 5.77. The van der Waals surface area contributed by atoms with E-state index in [-0.39, 0.29) is 0 Å². The second-order valence-corrected chi connectivity index (χ2v) is 5.44. The van der Waals surface area contributed by atoms with Gasteiger partial charge in [0.1, 0.15) is 5.75 Å². The molecule has 0 atom stereocenters. The zero-order chi connectivity index (χ0) is 14.2. The topological polar surface area (TPSA) is 34.1 Å². The highest BCUT2D eigenvalue weighted by atomic mass is 79.9. The van der Waals surface area contributed by atoms with E-state index in [0.717, 1.165) is 47.6 Å². The molecule has 0 aliphatic carbocycles. The van der Waals surface area contributed by atoms with Crippen LogP contribution in [0.2, 0.25) is 0 Å². The van der Waals surface area contributed by atoms with Crippen molar-refractivity contribution in [1.29, 1.82) is 0 Å². The lowest BCUT2D eigenvalue weighted by atomic mass is 10.2. The number of pyridine rings is 1. The average Bonchev–Trinajstić information content (AvgIpc) is 2.47. The number of rotatable bonds is 7. The molecule has 0 aliphatic heterocycles. The molecule has 1 heterocycles. The molecule has 0 spiro atoms. The van der Waals surface area contributed by atoms with Gasteiger partial charge in [0.2, 0.25) is 0 Å². The summed E-state index contributed by atoms with van der Waals surface area (Å²) in [6.07, 6.45) is 2.82. The highest BCUT2D eigenvalue weighted by Crippen LogP contribution is 2.23. The molecule has 1 aromatic heterocycles. The Balaban J connectivity index is 1.95. The van der Waals surface area contributed by atoms with Crippen molar-refractivity contribution in [2.24, 2.45) is 0 Å². The van der Waals surface area contributed by atoms with Gasteiger partial charge in [-0.25, -0.2) is 0 Å². The van der Waals surface area contributed by atoms with Crippen molar-refractivity contribution in [3.63, 3.8) is 0 Å². The summed E-state index contributed by atoms with van der Waals surface area (Å²) in [6, 6.07) is 12.1. The fourth-order valence-electron chi connectivity index (χ4n) is 1.87. The van der Waals surface area contributed by atoms with Crippen LogP contribution in [0.25, 0.3) is 0 Å². The molecule has 0 unspecified atom stereocenters. The number of halogens is 1. The van der Waals surface area contributed by atoms with Crippen molar-refractivity contribution in [3.8, 4) is 5.75 Å². The molecular weight excluding hydrogens is 316 g/mol. The third kappa shape index (κ3) is 4.62. The van der Waals surface area contributed by atoms with Crippen LogP contribution < -0.4 is 10.1 Å². The molecule has 4 heteroatoms. The van der Waals surface area contributed by atoms with Crippen LogP contribution in [0.5, 0.6) is 5.75 Å².